The molecule has 0 aliphatic carbocycles. The monoisotopic (exact) mass is 503 g/mol. The van der Waals surface area contributed by atoms with Crippen LogP contribution < -0.4 is 10.0 Å². The molecule has 2 N–H and O–H groups in total. The van der Waals surface area contributed by atoms with Crippen molar-refractivity contribution in [3.8, 4) is 0 Å². The number of nitrogens with zero attached hydrogens (tertiary/aromatic N) is 1. The predicted molar refractivity (Wildman–Crippen MR) is 137 cm³/mol. The van der Waals surface area contributed by atoms with Crippen molar-refractivity contribution in [2.24, 2.45) is 5.92 Å². The molecule has 1 fully saturated rings. The molecular formula is C25H33N3O4S2. The van der Waals surface area contributed by atoms with Gasteiger partial charge in [-0.05, 0) is 55.3 Å². The van der Waals surface area contributed by atoms with Crippen molar-refractivity contribution < 1.29 is 18.0 Å². The molecule has 1 aliphatic rings. The summed E-state index contributed by atoms with van der Waals surface area (Å²) in [7, 11) is -4.03. The molecule has 7 nitrogen and oxygen atoms in total. The third-order valence-corrected chi connectivity index (χ3v) is 7.85. The van der Waals surface area contributed by atoms with Crippen LogP contribution in [0, 0.1) is 5.92 Å². The van der Waals surface area contributed by atoms with Gasteiger partial charge >= 0.3 is 0 Å². The molecule has 1 saturated heterocycles. The van der Waals surface area contributed by atoms with E-state index >= 15 is 0 Å². The van der Waals surface area contributed by atoms with Crippen LogP contribution in [0.5, 0.6) is 0 Å². The van der Waals surface area contributed by atoms with Crippen molar-refractivity contribution in [2.75, 3.05) is 30.6 Å². The molecule has 9 heteroatoms. The Labute approximate surface area is 206 Å². The largest absolute Gasteiger partial charge is 0.352 e. The molecule has 2 aromatic rings. The summed E-state index contributed by atoms with van der Waals surface area (Å²) < 4.78 is 29.1. The van der Waals surface area contributed by atoms with E-state index in [9.17, 15) is 18.0 Å². The SMILES string of the molecule is CSc1ccc(S(=O)(=O)Nc2ccccc2C(=O)NCC(C)C)cc1C(=O)N1CCCCCC1. The lowest BCUT2D eigenvalue weighted by atomic mass is 10.1. The van der Waals surface area contributed by atoms with Gasteiger partial charge in [-0.3, -0.25) is 14.3 Å². The second-order valence-corrected chi connectivity index (χ2v) is 11.4. The van der Waals surface area contributed by atoms with Crippen molar-refractivity contribution in [3.05, 3.63) is 53.6 Å². The van der Waals surface area contributed by atoms with Gasteiger partial charge in [-0.15, -0.1) is 11.8 Å². The minimum absolute atomic E-state index is 0.0131. The lowest BCUT2D eigenvalue weighted by Crippen LogP contribution is -2.32. The van der Waals surface area contributed by atoms with E-state index in [1.54, 1.807) is 30.3 Å². The quantitative estimate of drug-likeness (QED) is 0.513. The molecule has 0 saturated carbocycles. The summed E-state index contributed by atoms with van der Waals surface area (Å²) >= 11 is 1.41. The average Bonchev–Trinajstić information content (AvgIpc) is 3.11. The Morgan fingerprint density at radius 1 is 1.00 bits per heavy atom. The number of rotatable bonds is 8. The highest BCUT2D eigenvalue weighted by molar-refractivity contribution is 7.98. The summed E-state index contributed by atoms with van der Waals surface area (Å²) in [4.78, 5) is 28.5. The van der Waals surface area contributed by atoms with Crippen molar-refractivity contribution in [2.45, 2.75) is 49.3 Å². The second-order valence-electron chi connectivity index (χ2n) is 8.82. The Balaban J connectivity index is 1.89. The van der Waals surface area contributed by atoms with Crippen LogP contribution in [0.2, 0.25) is 0 Å². The number of carbonyl (C=O) groups excluding carboxylic acids is 2. The summed E-state index contributed by atoms with van der Waals surface area (Å²) in [5, 5.41) is 2.82. The minimum atomic E-state index is -4.03. The number of anilines is 1. The van der Waals surface area contributed by atoms with Gasteiger partial charge in [-0.2, -0.15) is 0 Å². The van der Waals surface area contributed by atoms with Crippen LogP contribution in [-0.2, 0) is 10.0 Å². The molecule has 0 atom stereocenters. The number of thioether (sulfide) groups is 1. The number of amides is 2. The number of likely N-dealkylation sites (tertiary alicyclic amines) is 1. The number of nitrogens with one attached hydrogen (secondary N) is 2. The van der Waals surface area contributed by atoms with Crippen molar-refractivity contribution in [3.63, 3.8) is 0 Å². The Morgan fingerprint density at radius 3 is 2.32 bits per heavy atom. The fourth-order valence-corrected chi connectivity index (χ4v) is 5.51. The molecule has 0 spiro atoms. The van der Waals surface area contributed by atoms with Crippen LogP contribution in [0.25, 0.3) is 0 Å². The summed E-state index contributed by atoms with van der Waals surface area (Å²) in [5.74, 6) is -0.221. The number of hydrogen-bond acceptors (Lipinski definition) is 5. The van der Waals surface area contributed by atoms with Crippen molar-refractivity contribution in [1.82, 2.24) is 10.2 Å². The maximum Gasteiger partial charge on any atom is 0.261 e. The Bertz CT molecular complexity index is 1120. The van der Waals surface area contributed by atoms with Gasteiger partial charge in [0.05, 0.1) is 21.7 Å². The molecule has 0 aromatic heterocycles. The zero-order chi connectivity index (χ0) is 24.7. The van der Waals surface area contributed by atoms with Gasteiger partial charge in [-0.1, -0.05) is 38.8 Å². The third kappa shape index (κ3) is 6.54. The third-order valence-electron chi connectivity index (χ3n) is 5.69. The molecule has 3 rings (SSSR count). The summed E-state index contributed by atoms with van der Waals surface area (Å²) in [6, 6.07) is 11.1. The maximum atomic E-state index is 13.3. The van der Waals surface area contributed by atoms with Gasteiger partial charge in [-0.25, -0.2) is 8.42 Å². The number of benzene rings is 2. The van der Waals surface area contributed by atoms with Gasteiger partial charge in [0.25, 0.3) is 21.8 Å². The van der Waals surface area contributed by atoms with Gasteiger partial charge < -0.3 is 10.2 Å². The molecule has 0 bridgehead atoms. The average molecular weight is 504 g/mol. The van der Waals surface area contributed by atoms with E-state index in [1.165, 1.54) is 23.9 Å². The van der Waals surface area contributed by atoms with Gasteiger partial charge in [0.15, 0.2) is 0 Å². The van der Waals surface area contributed by atoms with Crippen LogP contribution in [0.3, 0.4) is 0 Å². The van der Waals surface area contributed by atoms with Gasteiger partial charge in [0, 0.05) is 24.5 Å². The first kappa shape index (κ1) is 26.1. The Hall–Kier alpha value is -2.52. The number of sulfonamides is 1. The van der Waals surface area contributed by atoms with Crippen molar-refractivity contribution >= 4 is 39.3 Å². The summed E-state index contributed by atoms with van der Waals surface area (Å²) in [6.45, 7) is 5.81. The van der Waals surface area contributed by atoms with E-state index in [1.807, 2.05) is 25.0 Å². The molecule has 2 amide bonds. The second kappa shape index (κ2) is 11.8. The molecule has 184 valence electrons. The van der Waals surface area contributed by atoms with E-state index in [2.05, 4.69) is 10.0 Å². The van der Waals surface area contributed by atoms with E-state index in [0.29, 0.717) is 25.2 Å². The molecule has 0 radical (unpaired) electrons. The van der Waals surface area contributed by atoms with Crippen LogP contribution >= 0.6 is 11.8 Å². The summed E-state index contributed by atoms with van der Waals surface area (Å²) in [5.41, 5.74) is 0.826. The molecule has 1 heterocycles. The van der Waals surface area contributed by atoms with Crippen LogP contribution in [0.4, 0.5) is 5.69 Å². The normalized spacial score (nSPS) is 14.5. The standard InChI is InChI=1S/C25H33N3O4S2/c1-18(2)17-26-24(29)20-10-6-7-11-22(20)27-34(31,32)19-12-13-23(33-3)21(16-19)25(30)28-14-8-4-5-9-15-28/h6-7,10-13,16,18,27H,4-5,8-9,14-15,17H2,1-3H3,(H,26,29). The highest BCUT2D eigenvalue weighted by Crippen LogP contribution is 2.28. The highest BCUT2D eigenvalue weighted by atomic mass is 32.2. The fourth-order valence-electron chi connectivity index (χ4n) is 3.83. The molecule has 1 aliphatic heterocycles. The number of para-hydroxylation sites is 1. The van der Waals surface area contributed by atoms with Crippen LogP contribution in [0.15, 0.2) is 52.3 Å². The van der Waals surface area contributed by atoms with E-state index in [0.717, 1.165) is 30.6 Å². The summed E-state index contributed by atoms with van der Waals surface area (Å²) in [6.07, 6.45) is 5.97. The molecule has 34 heavy (non-hydrogen) atoms. The number of hydrogen-bond donors (Lipinski definition) is 2. The number of carbonyl (C=O) groups is 2. The van der Waals surface area contributed by atoms with Gasteiger partial charge in [0.2, 0.25) is 0 Å². The van der Waals surface area contributed by atoms with Crippen LogP contribution in [0.1, 0.15) is 60.2 Å². The maximum absolute atomic E-state index is 13.3. The molecular weight excluding hydrogens is 470 g/mol. The van der Waals surface area contributed by atoms with Crippen molar-refractivity contribution in [1.29, 1.82) is 0 Å². The molecule has 0 unspecified atom stereocenters. The van der Waals surface area contributed by atoms with E-state index < -0.39 is 10.0 Å². The fraction of sp³-hybridized carbons (Fsp3) is 0.440. The van der Waals surface area contributed by atoms with E-state index in [-0.39, 0.29) is 33.9 Å². The molecule has 2 aromatic carbocycles. The van der Waals surface area contributed by atoms with Gasteiger partial charge in [0.1, 0.15) is 0 Å². The van der Waals surface area contributed by atoms with E-state index in [4.69, 9.17) is 0 Å². The first-order valence-electron chi connectivity index (χ1n) is 11.6. The lowest BCUT2D eigenvalue weighted by molar-refractivity contribution is 0.0757. The highest BCUT2D eigenvalue weighted by Gasteiger charge is 2.24. The predicted octanol–water partition coefficient (Wildman–Crippen LogP) is 4.61. The Kier molecular flexibility index (Phi) is 9.02. The Morgan fingerprint density at radius 2 is 1.68 bits per heavy atom. The first-order chi connectivity index (χ1) is 16.2. The van der Waals surface area contributed by atoms with Crippen LogP contribution in [-0.4, -0.2) is 51.0 Å². The zero-order valence-electron chi connectivity index (χ0n) is 20.0. The first-order valence-corrected chi connectivity index (χ1v) is 14.3. The minimum Gasteiger partial charge on any atom is -0.352 e. The lowest BCUT2D eigenvalue weighted by Gasteiger charge is -2.22. The smallest absolute Gasteiger partial charge is 0.261 e. The topological polar surface area (TPSA) is 95.6 Å². The zero-order valence-corrected chi connectivity index (χ0v) is 21.6.